The van der Waals surface area contributed by atoms with Gasteiger partial charge in [-0.05, 0) is 30.0 Å². The number of aryl methyl sites for hydroxylation is 1. The summed E-state index contributed by atoms with van der Waals surface area (Å²) in [5.74, 6) is 0.658. The van der Waals surface area contributed by atoms with Gasteiger partial charge in [-0.2, -0.15) is 0 Å². The van der Waals surface area contributed by atoms with Crippen LogP contribution in [0.1, 0.15) is 17.5 Å². The summed E-state index contributed by atoms with van der Waals surface area (Å²) in [6.45, 7) is 0.794. The van der Waals surface area contributed by atoms with E-state index in [-0.39, 0.29) is 5.91 Å². The fourth-order valence-corrected chi connectivity index (χ4v) is 1.72. The summed E-state index contributed by atoms with van der Waals surface area (Å²) in [5, 5.41) is 0. The molecular weight excluding hydrogens is 178 g/mol. The molecule has 0 atom stereocenters. The van der Waals surface area contributed by atoms with Gasteiger partial charge in [0.2, 0.25) is 5.91 Å². The lowest BCUT2D eigenvalue weighted by atomic mass is 10.0. The molecule has 2 rings (SSSR count). The molecule has 0 spiro atoms. The number of ether oxygens (including phenoxy) is 1. The van der Waals surface area contributed by atoms with E-state index < -0.39 is 0 Å². The van der Waals surface area contributed by atoms with Crippen LogP contribution in [0.5, 0.6) is 5.75 Å². The number of nitrogens with two attached hydrogens (primary N) is 1. The SMILES string of the molecule is NC(=O)Cc1ccc2c(c1)CCCO2. The molecule has 0 aromatic heterocycles. The Morgan fingerprint density at radius 2 is 2.36 bits per heavy atom. The van der Waals surface area contributed by atoms with Crippen LogP contribution in [0.25, 0.3) is 0 Å². The van der Waals surface area contributed by atoms with Crippen molar-refractivity contribution in [3.63, 3.8) is 0 Å². The molecule has 1 aliphatic rings. The van der Waals surface area contributed by atoms with Gasteiger partial charge < -0.3 is 10.5 Å². The van der Waals surface area contributed by atoms with E-state index in [1.54, 1.807) is 0 Å². The van der Waals surface area contributed by atoms with Gasteiger partial charge in [-0.3, -0.25) is 4.79 Å². The van der Waals surface area contributed by atoms with Crippen molar-refractivity contribution >= 4 is 5.91 Å². The van der Waals surface area contributed by atoms with E-state index in [9.17, 15) is 4.79 Å². The number of hydrogen-bond acceptors (Lipinski definition) is 2. The van der Waals surface area contributed by atoms with Crippen LogP contribution < -0.4 is 10.5 Å². The molecule has 0 unspecified atom stereocenters. The molecule has 3 heteroatoms. The molecule has 1 heterocycles. The Labute approximate surface area is 82.9 Å². The molecule has 1 aliphatic heterocycles. The predicted molar refractivity (Wildman–Crippen MR) is 53.2 cm³/mol. The van der Waals surface area contributed by atoms with Crippen LogP contribution in [0.3, 0.4) is 0 Å². The van der Waals surface area contributed by atoms with Crippen molar-refractivity contribution in [2.24, 2.45) is 5.73 Å². The Hall–Kier alpha value is -1.51. The van der Waals surface area contributed by atoms with Gasteiger partial charge in [0.15, 0.2) is 0 Å². The summed E-state index contributed by atoms with van der Waals surface area (Å²) in [7, 11) is 0. The second-order valence-corrected chi connectivity index (χ2v) is 3.54. The lowest BCUT2D eigenvalue weighted by Crippen LogP contribution is -2.14. The Morgan fingerprint density at radius 3 is 3.14 bits per heavy atom. The average molecular weight is 191 g/mol. The van der Waals surface area contributed by atoms with E-state index in [2.05, 4.69) is 0 Å². The smallest absolute Gasteiger partial charge is 0.221 e. The summed E-state index contributed by atoms with van der Waals surface area (Å²) in [5.41, 5.74) is 7.29. The summed E-state index contributed by atoms with van der Waals surface area (Å²) >= 11 is 0. The quantitative estimate of drug-likeness (QED) is 0.759. The zero-order valence-electron chi connectivity index (χ0n) is 7.95. The fourth-order valence-electron chi connectivity index (χ4n) is 1.72. The zero-order chi connectivity index (χ0) is 9.97. The Morgan fingerprint density at radius 1 is 1.50 bits per heavy atom. The Bertz CT molecular complexity index is 360. The van der Waals surface area contributed by atoms with Gasteiger partial charge >= 0.3 is 0 Å². The molecule has 74 valence electrons. The number of primary amides is 1. The van der Waals surface area contributed by atoms with Crippen molar-refractivity contribution in [1.82, 2.24) is 0 Å². The van der Waals surface area contributed by atoms with E-state index in [4.69, 9.17) is 10.5 Å². The van der Waals surface area contributed by atoms with Crippen molar-refractivity contribution in [1.29, 1.82) is 0 Å². The van der Waals surface area contributed by atoms with Crippen LogP contribution in [0.15, 0.2) is 18.2 Å². The third-order valence-corrected chi connectivity index (χ3v) is 2.35. The van der Waals surface area contributed by atoms with Crippen molar-refractivity contribution in [3.05, 3.63) is 29.3 Å². The first-order chi connectivity index (χ1) is 6.75. The van der Waals surface area contributed by atoms with Crippen LogP contribution in [-0.4, -0.2) is 12.5 Å². The van der Waals surface area contributed by atoms with Crippen molar-refractivity contribution < 1.29 is 9.53 Å². The molecule has 14 heavy (non-hydrogen) atoms. The molecule has 2 N–H and O–H groups in total. The van der Waals surface area contributed by atoms with Crippen molar-refractivity contribution in [2.45, 2.75) is 19.3 Å². The topological polar surface area (TPSA) is 52.3 Å². The molecular formula is C11H13NO2. The van der Waals surface area contributed by atoms with Crippen molar-refractivity contribution in [2.75, 3.05) is 6.61 Å². The molecule has 0 fully saturated rings. The Kier molecular flexibility index (Phi) is 2.39. The summed E-state index contributed by atoms with van der Waals surface area (Å²) in [4.78, 5) is 10.7. The van der Waals surface area contributed by atoms with Gasteiger partial charge in [0, 0.05) is 0 Å². The molecule has 0 saturated carbocycles. The maximum atomic E-state index is 10.7. The zero-order valence-corrected chi connectivity index (χ0v) is 7.95. The maximum absolute atomic E-state index is 10.7. The second-order valence-electron chi connectivity index (χ2n) is 3.54. The molecule has 1 amide bonds. The minimum atomic E-state index is -0.290. The molecule has 0 aliphatic carbocycles. The number of hydrogen-bond donors (Lipinski definition) is 1. The molecule has 1 aromatic rings. The highest BCUT2D eigenvalue weighted by atomic mass is 16.5. The van der Waals surface area contributed by atoms with Gasteiger partial charge in [0.1, 0.15) is 5.75 Å². The molecule has 1 aromatic carbocycles. The van der Waals surface area contributed by atoms with E-state index in [0.29, 0.717) is 6.42 Å². The largest absolute Gasteiger partial charge is 0.493 e. The van der Waals surface area contributed by atoms with E-state index >= 15 is 0 Å². The lowest BCUT2D eigenvalue weighted by molar-refractivity contribution is -0.117. The number of rotatable bonds is 2. The highest BCUT2D eigenvalue weighted by Crippen LogP contribution is 2.25. The first-order valence-electron chi connectivity index (χ1n) is 4.78. The normalized spacial score (nSPS) is 14.3. The number of carbonyl (C=O) groups excluding carboxylic acids is 1. The number of fused-ring (bicyclic) bond motifs is 1. The van der Waals surface area contributed by atoms with Crippen LogP contribution in [-0.2, 0) is 17.6 Å². The highest BCUT2D eigenvalue weighted by molar-refractivity contribution is 5.76. The minimum Gasteiger partial charge on any atom is -0.493 e. The third kappa shape index (κ3) is 1.87. The standard InChI is InChI=1S/C11H13NO2/c12-11(13)7-8-3-4-10-9(6-8)2-1-5-14-10/h3-4,6H,1-2,5,7H2,(H2,12,13). The van der Waals surface area contributed by atoms with Gasteiger partial charge in [0.25, 0.3) is 0 Å². The summed E-state index contributed by atoms with van der Waals surface area (Å²) in [6.07, 6.45) is 2.39. The second kappa shape index (κ2) is 3.70. The van der Waals surface area contributed by atoms with E-state index in [1.165, 1.54) is 5.56 Å². The highest BCUT2D eigenvalue weighted by Gasteiger charge is 2.10. The van der Waals surface area contributed by atoms with Crippen molar-refractivity contribution in [3.8, 4) is 5.75 Å². The Balaban J connectivity index is 2.24. The van der Waals surface area contributed by atoms with Gasteiger partial charge in [-0.1, -0.05) is 12.1 Å². The molecule has 0 radical (unpaired) electrons. The first-order valence-corrected chi connectivity index (χ1v) is 4.78. The number of amides is 1. The van der Waals surface area contributed by atoms with Gasteiger partial charge in [-0.25, -0.2) is 0 Å². The van der Waals surface area contributed by atoms with Gasteiger partial charge in [0.05, 0.1) is 13.0 Å². The number of carbonyl (C=O) groups is 1. The van der Waals surface area contributed by atoms with Crippen LogP contribution in [0.2, 0.25) is 0 Å². The van der Waals surface area contributed by atoms with Crippen LogP contribution in [0.4, 0.5) is 0 Å². The summed E-state index contributed by atoms with van der Waals surface area (Å²) < 4.78 is 5.47. The van der Waals surface area contributed by atoms with Crippen LogP contribution in [0, 0.1) is 0 Å². The van der Waals surface area contributed by atoms with Gasteiger partial charge in [-0.15, -0.1) is 0 Å². The fraction of sp³-hybridized carbons (Fsp3) is 0.364. The number of benzene rings is 1. The lowest BCUT2D eigenvalue weighted by Gasteiger charge is -2.17. The summed E-state index contributed by atoms with van der Waals surface area (Å²) in [6, 6.07) is 5.83. The average Bonchev–Trinajstić information content (AvgIpc) is 2.17. The maximum Gasteiger partial charge on any atom is 0.221 e. The van der Waals surface area contributed by atoms with E-state index in [0.717, 1.165) is 30.8 Å². The van der Waals surface area contributed by atoms with E-state index in [1.807, 2.05) is 18.2 Å². The monoisotopic (exact) mass is 191 g/mol. The predicted octanol–water partition coefficient (Wildman–Crippen LogP) is 1.04. The molecule has 3 nitrogen and oxygen atoms in total. The minimum absolute atomic E-state index is 0.290. The van der Waals surface area contributed by atoms with Crippen LogP contribution >= 0.6 is 0 Å². The molecule has 0 bridgehead atoms. The first kappa shape index (κ1) is 9.06. The third-order valence-electron chi connectivity index (χ3n) is 2.35. The molecule has 0 saturated heterocycles.